The summed E-state index contributed by atoms with van der Waals surface area (Å²) in [6.07, 6.45) is 0. The molecular weight excluding hydrogens is 312 g/mol. The van der Waals surface area contributed by atoms with Gasteiger partial charge in [0.2, 0.25) is 5.95 Å². The number of H-pyrrole nitrogens is 1. The summed E-state index contributed by atoms with van der Waals surface area (Å²) in [6, 6.07) is 11.8. The molecule has 2 aromatic carbocycles. The third kappa shape index (κ3) is 3.57. The van der Waals surface area contributed by atoms with Gasteiger partial charge >= 0.3 is 0 Å². The average Bonchev–Trinajstić information content (AvgIpc) is 3.01. The highest BCUT2D eigenvalue weighted by Gasteiger charge is 2.11. The fraction of sp³-hybridized carbons (Fsp3) is 0.176. The number of anilines is 2. The number of hydrogen-bond donors (Lipinski definition) is 2. The quantitative estimate of drug-likeness (QED) is 0.751. The molecule has 0 saturated carbocycles. The predicted molar refractivity (Wildman–Crippen MR) is 88.9 cm³/mol. The fourth-order valence-electron chi connectivity index (χ4n) is 2.30. The van der Waals surface area contributed by atoms with Crippen molar-refractivity contribution >= 4 is 11.6 Å². The maximum atomic E-state index is 13.7. The molecular formula is C17H17F2N5. The second-order valence-corrected chi connectivity index (χ2v) is 5.67. The van der Waals surface area contributed by atoms with Crippen molar-refractivity contribution < 1.29 is 8.78 Å². The van der Waals surface area contributed by atoms with E-state index >= 15 is 0 Å². The highest BCUT2D eigenvalue weighted by atomic mass is 19.2. The van der Waals surface area contributed by atoms with Crippen LogP contribution in [0.4, 0.5) is 20.4 Å². The van der Waals surface area contributed by atoms with E-state index in [1.165, 1.54) is 17.7 Å². The number of hydrogen-bond acceptors (Lipinski definition) is 4. The first-order chi connectivity index (χ1) is 11.5. The normalized spacial score (nSPS) is 11.0. The fourth-order valence-corrected chi connectivity index (χ4v) is 2.30. The van der Waals surface area contributed by atoms with E-state index in [-0.39, 0.29) is 11.6 Å². The molecule has 0 radical (unpaired) electrons. The SMILES string of the molecule is CN(C)Cc1ccc(-c2nc(Nc3cccc(F)c3F)n[nH]2)cc1. The summed E-state index contributed by atoms with van der Waals surface area (Å²) in [5.74, 6) is -1.17. The van der Waals surface area contributed by atoms with Crippen LogP contribution in [0.2, 0.25) is 0 Å². The van der Waals surface area contributed by atoms with Crippen molar-refractivity contribution in [1.29, 1.82) is 0 Å². The molecule has 0 atom stereocenters. The zero-order valence-electron chi connectivity index (χ0n) is 13.3. The van der Waals surface area contributed by atoms with Crippen LogP contribution in [-0.4, -0.2) is 34.2 Å². The minimum atomic E-state index is -0.961. The van der Waals surface area contributed by atoms with Crippen LogP contribution in [0.25, 0.3) is 11.4 Å². The summed E-state index contributed by atoms with van der Waals surface area (Å²) in [5.41, 5.74) is 2.03. The van der Waals surface area contributed by atoms with Crippen molar-refractivity contribution in [3.63, 3.8) is 0 Å². The van der Waals surface area contributed by atoms with Gasteiger partial charge in [-0.3, -0.25) is 5.10 Å². The molecule has 0 unspecified atom stereocenters. The van der Waals surface area contributed by atoms with Crippen LogP contribution in [0.5, 0.6) is 0 Å². The van der Waals surface area contributed by atoms with Gasteiger partial charge in [0.1, 0.15) is 0 Å². The Hall–Kier alpha value is -2.80. The molecule has 24 heavy (non-hydrogen) atoms. The number of nitrogens with one attached hydrogen (secondary N) is 2. The van der Waals surface area contributed by atoms with Gasteiger partial charge in [0, 0.05) is 12.1 Å². The number of halogens is 2. The van der Waals surface area contributed by atoms with E-state index in [4.69, 9.17) is 0 Å². The lowest BCUT2D eigenvalue weighted by Gasteiger charge is -2.09. The summed E-state index contributed by atoms with van der Waals surface area (Å²) >= 11 is 0. The molecule has 1 heterocycles. The van der Waals surface area contributed by atoms with Crippen molar-refractivity contribution in [2.45, 2.75) is 6.54 Å². The molecule has 124 valence electrons. The molecule has 2 N–H and O–H groups in total. The van der Waals surface area contributed by atoms with E-state index in [0.29, 0.717) is 5.82 Å². The Kier molecular flexibility index (Phi) is 4.52. The van der Waals surface area contributed by atoms with Gasteiger partial charge < -0.3 is 10.2 Å². The number of nitrogens with zero attached hydrogens (tertiary/aromatic N) is 3. The lowest BCUT2D eigenvalue weighted by Crippen LogP contribution is -2.10. The van der Waals surface area contributed by atoms with Gasteiger partial charge in [0.25, 0.3) is 0 Å². The van der Waals surface area contributed by atoms with Crippen LogP contribution in [0.15, 0.2) is 42.5 Å². The summed E-state index contributed by atoms with van der Waals surface area (Å²) < 4.78 is 26.9. The molecule has 0 bridgehead atoms. The lowest BCUT2D eigenvalue weighted by atomic mass is 10.1. The topological polar surface area (TPSA) is 56.8 Å². The van der Waals surface area contributed by atoms with E-state index in [1.54, 1.807) is 0 Å². The van der Waals surface area contributed by atoms with Crippen LogP contribution in [-0.2, 0) is 6.54 Å². The third-order valence-corrected chi connectivity index (χ3v) is 3.41. The summed E-state index contributed by atoms with van der Waals surface area (Å²) in [7, 11) is 4.02. The summed E-state index contributed by atoms with van der Waals surface area (Å²) in [5, 5.41) is 9.44. The highest BCUT2D eigenvalue weighted by Crippen LogP contribution is 2.22. The van der Waals surface area contributed by atoms with E-state index in [0.717, 1.165) is 18.2 Å². The Morgan fingerprint density at radius 2 is 1.83 bits per heavy atom. The molecule has 0 aliphatic heterocycles. The Bertz CT molecular complexity index is 827. The third-order valence-electron chi connectivity index (χ3n) is 3.41. The number of benzene rings is 2. The van der Waals surface area contributed by atoms with Crippen molar-refractivity contribution in [2.75, 3.05) is 19.4 Å². The second kappa shape index (κ2) is 6.76. The van der Waals surface area contributed by atoms with Gasteiger partial charge in [0.05, 0.1) is 5.69 Å². The first kappa shape index (κ1) is 16.1. The van der Waals surface area contributed by atoms with Gasteiger partial charge in [-0.2, -0.15) is 4.98 Å². The molecule has 5 nitrogen and oxygen atoms in total. The zero-order chi connectivity index (χ0) is 17.1. The molecule has 3 rings (SSSR count). The van der Waals surface area contributed by atoms with Crippen molar-refractivity contribution in [3.8, 4) is 11.4 Å². The highest BCUT2D eigenvalue weighted by molar-refractivity contribution is 5.60. The largest absolute Gasteiger partial charge is 0.320 e. The zero-order valence-corrected chi connectivity index (χ0v) is 13.3. The molecule has 0 aliphatic carbocycles. The van der Waals surface area contributed by atoms with Gasteiger partial charge in [-0.05, 0) is 31.8 Å². The summed E-state index contributed by atoms with van der Waals surface area (Å²) in [6.45, 7) is 0.850. The Morgan fingerprint density at radius 3 is 2.54 bits per heavy atom. The van der Waals surface area contributed by atoms with E-state index in [2.05, 4.69) is 25.4 Å². The van der Waals surface area contributed by atoms with Crippen LogP contribution >= 0.6 is 0 Å². The van der Waals surface area contributed by atoms with Gasteiger partial charge in [-0.25, -0.2) is 8.78 Å². The van der Waals surface area contributed by atoms with Crippen LogP contribution in [0, 0.1) is 11.6 Å². The van der Waals surface area contributed by atoms with Gasteiger partial charge in [0.15, 0.2) is 17.5 Å². The van der Waals surface area contributed by atoms with Crippen molar-refractivity contribution in [1.82, 2.24) is 20.1 Å². The molecule has 3 aromatic rings. The van der Waals surface area contributed by atoms with Gasteiger partial charge in [-0.1, -0.05) is 30.3 Å². The maximum absolute atomic E-state index is 13.7. The predicted octanol–water partition coefficient (Wildman–Crippen LogP) is 3.56. The first-order valence-electron chi connectivity index (χ1n) is 7.40. The van der Waals surface area contributed by atoms with Crippen LogP contribution in [0.3, 0.4) is 0 Å². The first-order valence-corrected chi connectivity index (χ1v) is 7.40. The molecule has 1 aromatic heterocycles. The molecule has 7 heteroatoms. The average molecular weight is 329 g/mol. The second-order valence-electron chi connectivity index (χ2n) is 5.67. The minimum absolute atomic E-state index is 0.0121. The minimum Gasteiger partial charge on any atom is -0.320 e. The number of aromatic nitrogens is 3. The smallest absolute Gasteiger partial charge is 0.246 e. The molecule has 0 aliphatic rings. The van der Waals surface area contributed by atoms with Crippen LogP contribution in [0.1, 0.15) is 5.56 Å². The number of aromatic amines is 1. The maximum Gasteiger partial charge on any atom is 0.246 e. The number of rotatable bonds is 5. The Morgan fingerprint density at radius 1 is 1.08 bits per heavy atom. The lowest BCUT2D eigenvalue weighted by molar-refractivity contribution is 0.402. The molecule has 0 fully saturated rings. The Labute approximate surface area is 138 Å². The van der Waals surface area contributed by atoms with Crippen LogP contribution < -0.4 is 5.32 Å². The van der Waals surface area contributed by atoms with Crippen molar-refractivity contribution in [2.24, 2.45) is 0 Å². The van der Waals surface area contributed by atoms with E-state index < -0.39 is 11.6 Å². The van der Waals surface area contributed by atoms with E-state index in [1.807, 2.05) is 38.4 Å². The standard InChI is InChI=1S/C17H17F2N5/c1-24(2)10-11-6-8-12(9-7-11)16-21-17(23-22-16)20-14-5-3-4-13(18)15(14)19/h3-9H,10H2,1-2H3,(H2,20,21,22,23). The van der Waals surface area contributed by atoms with E-state index in [9.17, 15) is 8.78 Å². The van der Waals surface area contributed by atoms with Gasteiger partial charge in [-0.15, -0.1) is 5.10 Å². The molecule has 0 saturated heterocycles. The molecule has 0 amide bonds. The Balaban J connectivity index is 1.77. The van der Waals surface area contributed by atoms with Crippen molar-refractivity contribution in [3.05, 3.63) is 59.7 Å². The monoisotopic (exact) mass is 329 g/mol. The summed E-state index contributed by atoms with van der Waals surface area (Å²) in [4.78, 5) is 6.34. The molecule has 0 spiro atoms.